The third kappa shape index (κ3) is 4.37. The second-order valence-electron chi connectivity index (χ2n) is 4.50. The molecule has 2 rings (SSSR count). The molecule has 2 aromatic rings. The van der Waals surface area contributed by atoms with Crippen LogP contribution in [-0.4, -0.2) is 0 Å². The number of halogens is 5. The largest absolute Gasteiger partial charge is 0.416 e. The second kappa shape index (κ2) is 6.69. The van der Waals surface area contributed by atoms with E-state index in [1.807, 2.05) is 0 Å². The van der Waals surface area contributed by atoms with Gasteiger partial charge in [-0.25, -0.2) is 0 Å². The van der Waals surface area contributed by atoms with Crippen molar-refractivity contribution in [1.29, 1.82) is 0 Å². The van der Waals surface area contributed by atoms with Gasteiger partial charge in [0.25, 0.3) is 0 Å². The van der Waals surface area contributed by atoms with Crippen molar-refractivity contribution in [2.45, 2.75) is 19.3 Å². The predicted octanol–water partition coefficient (Wildman–Crippen LogP) is 5.30. The van der Waals surface area contributed by atoms with Crippen LogP contribution in [0.2, 0.25) is 10.0 Å². The minimum absolute atomic E-state index is 0.297. The van der Waals surface area contributed by atoms with Gasteiger partial charge in [-0.3, -0.25) is 0 Å². The van der Waals surface area contributed by atoms with Crippen LogP contribution in [0.5, 0.6) is 0 Å². The smallest absolute Gasteiger partial charge is 0.309 e. The van der Waals surface area contributed by atoms with Gasteiger partial charge >= 0.3 is 6.18 Å². The number of nitrogens with one attached hydrogen (secondary N) is 1. The van der Waals surface area contributed by atoms with Gasteiger partial charge in [0.2, 0.25) is 0 Å². The van der Waals surface area contributed by atoms with E-state index in [-0.39, 0.29) is 0 Å². The predicted molar refractivity (Wildman–Crippen MR) is 78.4 cm³/mol. The van der Waals surface area contributed by atoms with Crippen LogP contribution in [0.3, 0.4) is 0 Å². The maximum atomic E-state index is 12.6. The zero-order chi connectivity index (χ0) is 15.5. The van der Waals surface area contributed by atoms with E-state index in [9.17, 15) is 13.2 Å². The molecule has 0 heterocycles. The molecule has 0 unspecified atom stereocenters. The highest BCUT2D eigenvalue weighted by Crippen LogP contribution is 2.29. The standard InChI is InChI=1S/C15H12Cl2F3N/c16-13-5-2-6-14(17)12(13)9-21-8-10-3-1-4-11(7-10)15(18,19)20/h1-7,21H,8-9H2. The maximum absolute atomic E-state index is 12.6. The Labute approximate surface area is 130 Å². The van der Waals surface area contributed by atoms with Gasteiger partial charge in [0.1, 0.15) is 0 Å². The summed E-state index contributed by atoms with van der Waals surface area (Å²) in [6.07, 6.45) is -4.33. The quantitative estimate of drug-likeness (QED) is 0.800. The van der Waals surface area contributed by atoms with Crippen molar-refractivity contribution in [2.24, 2.45) is 0 Å². The molecule has 1 nitrogen and oxygen atoms in total. The third-order valence-corrected chi connectivity index (χ3v) is 3.66. The SMILES string of the molecule is FC(F)(F)c1cccc(CNCc2c(Cl)cccc2Cl)c1. The fraction of sp³-hybridized carbons (Fsp3) is 0.200. The minimum atomic E-state index is -4.33. The molecule has 0 saturated carbocycles. The summed E-state index contributed by atoms with van der Waals surface area (Å²) in [5.41, 5.74) is 0.624. The fourth-order valence-corrected chi connectivity index (χ4v) is 2.42. The summed E-state index contributed by atoms with van der Waals surface area (Å²) in [4.78, 5) is 0. The molecular formula is C15H12Cl2F3N. The van der Waals surface area contributed by atoms with E-state index in [0.717, 1.165) is 17.7 Å². The molecule has 2 aromatic carbocycles. The Bertz CT molecular complexity index is 606. The average Bonchev–Trinajstić information content (AvgIpc) is 2.41. The van der Waals surface area contributed by atoms with Gasteiger partial charge in [-0.05, 0) is 23.8 Å². The lowest BCUT2D eigenvalue weighted by atomic mass is 10.1. The van der Waals surface area contributed by atoms with Crippen LogP contribution in [0.1, 0.15) is 16.7 Å². The molecule has 0 aliphatic rings. The van der Waals surface area contributed by atoms with Crippen LogP contribution in [0.25, 0.3) is 0 Å². The molecule has 21 heavy (non-hydrogen) atoms. The molecule has 0 atom stereocenters. The Morgan fingerprint density at radius 1 is 0.905 bits per heavy atom. The number of hydrogen-bond donors (Lipinski definition) is 1. The zero-order valence-corrected chi connectivity index (χ0v) is 12.4. The van der Waals surface area contributed by atoms with Crippen molar-refractivity contribution < 1.29 is 13.2 Å². The summed E-state index contributed by atoms with van der Waals surface area (Å²) in [6.45, 7) is 0.681. The Balaban J connectivity index is 2.01. The Kier molecular flexibility index (Phi) is 5.14. The molecule has 0 aromatic heterocycles. The monoisotopic (exact) mass is 333 g/mol. The molecule has 1 N–H and O–H groups in total. The first-order valence-electron chi connectivity index (χ1n) is 6.17. The molecule has 0 fully saturated rings. The van der Waals surface area contributed by atoms with Gasteiger partial charge in [-0.1, -0.05) is 47.5 Å². The number of hydrogen-bond acceptors (Lipinski definition) is 1. The molecule has 6 heteroatoms. The summed E-state index contributed by atoms with van der Waals surface area (Å²) < 4.78 is 37.8. The van der Waals surface area contributed by atoms with E-state index >= 15 is 0 Å². The second-order valence-corrected chi connectivity index (χ2v) is 5.32. The molecule has 0 amide bonds. The van der Waals surface area contributed by atoms with Crippen molar-refractivity contribution in [1.82, 2.24) is 5.32 Å². The van der Waals surface area contributed by atoms with Crippen molar-refractivity contribution in [3.8, 4) is 0 Å². The first-order chi connectivity index (χ1) is 9.88. The van der Waals surface area contributed by atoms with Gasteiger partial charge in [-0.2, -0.15) is 13.2 Å². The van der Waals surface area contributed by atoms with Crippen molar-refractivity contribution in [3.05, 3.63) is 69.2 Å². The minimum Gasteiger partial charge on any atom is -0.309 e. The van der Waals surface area contributed by atoms with Crippen molar-refractivity contribution in [3.63, 3.8) is 0 Å². The van der Waals surface area contributed by atoms with E-state index in [0.29, 0.717) is 28.7 Å². The molecule has 0 aliphatic heterocycles. The van der Waals surface area contributed by atoms with E-state index in [1.165, 1.54) is 6.07 Å². The lowest BCUT2D eigenvalue weighted by molar-refractivity contribution is -0.137. The highest BCUT2D eigenvalue weighted by atomic mass is 35.5. The van der Waals surface area contributed by atoms with E-state index < -0.39 is 11.7 Å². The van der Waals surface area contributed by atoms with Gasteiger partial charge < -0.3 is 5.32 Å². The van der Waals surface area contributed by atoms with E-state index in [2.05, 4.69) is 5.32 Å². The number of alkyl halides is 3. The summed E-state index contributed by atoms with van der Waals surface area (Å²) in [6, 6.07) is 10.4. The van der Waals surface area contributed by atoms with Crippen LogP contribution >= 0.6 is 23.2 Å². The topological polar surface area (TPSA) is 12.0 Å². The molecular weight excluding hydrogens is 322 g/mol. The van der Waals surface area contributed by atoms with Crippen molar-refractivity contribution in [2.75, 3.05) is 0 Å². The fourth-order valence-electron chi connectivity index (χ4n) is 1.89. The lowest BCUT2D eigenvalue weighted by Gasteiger charge is -2.11. The maximum Gasteiger partial charge on any atom is 0.416 e. The summed E-state index contributed by atoms with van der Waals surface area (Å²) >= 11 is 12.0. The van der Waals surface area contributed by atoms with Gasteiger partial charge in [0.15, 0.2) is 0 Å². The van der Waals surface area contributed by atoms with Gasteiger partial charge in [0.05, 0.1) is 5.56 Å². The molecule has 0 spiro atoms. The number of benzene rings is 2. The van der Waals surface area contributed by atoms with Crippen LogP contribution in [0.4, 0.5) is 13.2 Å². The summed E-state index contributed by atoms with van der Waals surface area (Å²) in [5, 5.41) is 4.10. The molecule has 0 radical (unpaired) electrons. The van der Waals surface area contributed by atoms with Crippen LogP contribution in [0, 0.1) is 0 Å². The van der Waals surface area contributed by atoms with E-state index in [4.69, 9.17) is 23.2 Å². The highest BCUT2D eigenvalue weighted by Gasteiger charge is 2.30. The Morgan fingerprint density at radius 2 is 1.52 bits per heavy atom. The van der Waals surface area contributed by atoms with Crippen LogP contribution in [-0.2, 0) is 19.3 Å². The molecule has 112 valence electrons. The van der Waals surface area contributed by atoms with E-state index in [1.54, 1.807) is 24.3 Å². The number of rotatable bonds is 4. The van der Waals surface area contributed by atoms with Gasteiger partial charge in [0, 0.05) is 28.7 Å². The average molecular weight is 334 g/mol. The Morgan fingerprint density at radius 3 is 2.14 bits per heavy atom. The summed E-state index contributed by atoms with van der Waals surface area (Å²) in [5.74, 6) is 0. The zero-order valence-electron chi connectivity index (χ0n) is 10.8. The Hall–Kier alpha value is -1.23. The summed E-state index contributed by atoms with van der Waals surface area (Å²) in [7, 11) is 0. The molecule has 0 bridgehead atoms. The third-order valence-electron chi connectivity index (χ3n) is 2.95. The molecule has 0 saturated heterocycles. The van der Waals surface area contributed by atoms with Gasteiger partial charge in [-0.15, -0.1) is 0 Å². The molecule has 0 aliphatic carbocycles. The first kappa shape index (κ1) is 16.1. The van der Waals surface area contributed by atoms with Crippen LogP contribution < -0.4 is 5.32 Å². The highest BCUT2D eigenvalue weighted by molar-refractivity contribution is 6.35. The van der Waals surface area contributed by atoms with Crippen molar-refractivity contribution >= 4 is 23.2 Å². The lowest BCUT2D eigenvalue weighted by Crippen LogP contribution is -2.14. The normalized spacial score (nSPS) is 11.7. The van der Waals surface area contributed by atoms with Crippen LogP contribution in [0.15, 0.2) is 42.5 Å². The first-order valence-corrected chi connectivity index (χ1v) is 6.93.